The topological polar surface area (TPSA) is 63.5 Å². The lowest BCUT2D eigenvalue weighted by atomic mass is 10.1. The summed E-state index contributed by atoms with van der Waals surface area (Å²) in [5.74, 6) is -3.15. The third kappa shape index (κ3) is 3.34. The molecule has 0 unspecified atom stereocenters. The van der Waals surface area contributed by atoms with Gasteiger partial charge in [-0.2, -0.15) is 4.39 Å². The van der Waals surface area contributed by atoms with Gasteiger partial charge in [0.05, 0.1) is 16.6 Å². The molecule has 0 spiro atoms. The molecule has 0 fully saturated rings. The van der Waals surface area contributed by atoms with E-state index in [1.54, 1.807) is 6.92 Å². The van der Waals surface area contributed by atoms with Crippen LogP contribution in [0.25, 0.3) is 0 Å². The van der Waals surface area contributed by atoms with Crippen molar-refractivity contribution in [2.75, 3.05) is 13.6 Å². The van der Waals surface area contributed by atoms with Gasteiger partial charge in [0.15, 0.2) is 0 Å². The average molecular weight is 270 g/mol. The van der Waals surface area contributed by atoms with Crippen molar-refractivity contribution in [1.82, 2.24) is 4.90 Å². The molecule has 0 N–H and O–H groups in total. The lowest BCUT2D eigenvalue weighted by Gasteiger charge is -2.17. The molecular weight excluding hydrogens is 258 g/mol. The van der Waals surface area contributed by atoms with Crippen LogP contribution in [0.4, 0.5) is 14.5 Å². The number of likely N-dealkylation sites (N-methyl/N-ethyl adjacent to an activating group) is 1. The molecule has 0 radical (unpaired) electrons. The zero-order chi connectivity index (χ0) is 14.7. The van der Waals surface area contributed by atoms with Crippen molar-refractivity contribution >= 4 is 11.6 Å². The summed E-state index contributed by atoms with van der Waals surface area (Å²) in [7, 11) is 1.40. The number of nitrogens with zero attached hydrogens (tertiary/aromatic N) is 2. The monoisotopic (exact) mass is 270 g/mol. The molecule has 0 aliphatic heterocycles. The number of benzene rings is 1. The summed E-state index contributed by atoms with van der Waals surface area (Å²) in [5, 5.41) is 10.4. The Kier molecular flexibility index (Phi) is 4.31. The molecule has 0 aromatic heterocycles. The van der Waals surface area contributed by atoms with Crippen LogP contribution in [-0.4, -0.2) is 29.3 Å². The van der Waals surface area contributed by atoms with Crippen LogP contribution >= 0.6 is 0 Å². The second-order valence-corrected chi connectivity index (χ2v) is 4.16. The number of carbonyl (C=O) groups is 1. The normalized spacial score (nSPS) is 10.1. The van der Waals surface area contributed by atoms with Gasteiger partial charge < -0.3 is 4.90 Å². The fraction of sp³-hybridized carbons (Fsp3) is 0.250. The molecule has 1 aromatic carbocycles. The van der Waals surface area contributed by atoms with E-state index in [1.807, 2.05) is 0 Å². The molecule has 0 saturated heterocycles. The molecule has 102 valence electrons. The zero-order valence-corrected chi connectivity index (χ0v) is 10.4. The minimum atomic E-state index is -1.25. The van der Waals surface area contributed by atoms with Crippen LogP contribution in [0.15, 0.2) is 24.3 Å². The van der Waals surface area contributed by atoms with E-state index in [2.05, 4.69) is 6.58 Å². The molecule has 0 saturated carbocycles. The van der Waals surface area contributed by atoms with Gasteiger partial charge in [-0.05, 0) is 13.0 Å². The first-order valence-electron chi connectivity index (χ1n) is 5.27. The average Bonchev–Trinajstić information content (AvgIpc) is 2.29. The molecule has 0 bridgehead atoms. The Bertz CT molecular complexity index is 558. The first-order chi connectivity index (χ1) is 8.73. The molecule has 19 heavy (non-hydrogen) atoms. The molecular formula is C12H12F2N2O3. The SMILES string of the molecule is C=C(C)CN(C)C(=O)c1cc(F)c([N+](=O)[O-])cc1F. The van der Waals surface area contributed by atoms with E-state index >= 15 is 0 Å². The maximum absolute atomic E-state index is 13.6. The predicted octanol–water partition coefficient (Wildman–Crippen LogP) is 2.52. The highest BCUT2D eigenvalue weighted by molar-refractivity contribution is 5.94. The van der Waals surface area contributed by atoms with Crippen LogP contribution in [0.5, 0.6) is 0 Å². The lowest BCUT2D eigenvalue weighted by molar-refractivity contribution is -0.387. The number of hydrogen-bond acceptors (Lipinski definition) is 3. The maximum Gasteiger partial charge on any atom is 0.307 e. The van der Waals surface area contributed by atoms with Gasteiger partial charge >= 0.3 is 5.69 Å². The Hall–Kier alpha value is -2.31. The standard InChI is InChI=1S/C12H12F2N2O3/c1-7(2)6-15(3)12(17)8-4-10(14)11(16(18)19)5-9(8)13/h4-5H,1,6H2,2-3H3. The molecule has 1 rings (SSSR count). The summed E-state index contributed by atoms with van der Waals surface area (Å²) in [4.78, 5) is 22.4. The van der Waals surface area contributed by atoms with Crippen molar-refractivity contribution in [3.05, 3.63) is 51.6 Å². The van der Waals surface area contributed by atoms with Gasteiger partial charge in [-0.3, -0.25) is 14.9 Å². The van der Waals surface area contributed by atoms with Gasteiger partial charge in [0, 0.05) is 13.6 Å². The quantitative estimate of drug-likeness (QED) is 0.479. The Morgan fingerprint density at radius 2 is 2.00 bits per heavy atom. The lowest BCUT2D eigenvalue weighted by Crippen LogP contribution is -2.29. The zero-order valence-electron chi connectivity index (χ0n) is 10.4. The first-order valence-corrected chi connectivity index (χ1v) is 5.27. The summed E-state index contributed by atoms with van der Waals surface area (Å²) >= 11 is 0. The molecule has 1 aromatic rings. The highest BCUT2D eigenvalue weighted by atomic mass is 19.1. The number of nitro groups is 1. The smallest absolute Gasteiger partial charge is 0.307 e. The second kappa shape index (κ2) is 5.55. The van der Waals surface area contributed by atoms with Gasteiger partial charge in [0.2, 0.25) is 5.82 Å². The van der Waals surface area contributed by atoms with Gasteiger partial charge in [-0.1, -0.05) is 12.2 Å². The molecule has 0 aliphatic carbocycles. The summed E-state index contributed by atoms with van der Waals surface area (Å²) in [6.45, 7) is 5.45. The van der Waals surface area contributed by atoms with E-state index in [-0.39, 0.29) is 6.54 Å². The molecule has 0 atom stereocenters. The predicted molar refractivity (Wildman–Crippen MR) is 64.8 cm³/mol. The minimum Gasteiger partial charge on any atom is -0.338 e. The van der Waals surface area contributed by atoms with Gasteiger partial charge in [-0.25, -0.2) is 4.39 Å². The van der Waals surface area contributed by atoms with E-state index in [4.69, 9.17) is 0 Å². The van der Waals surface area contributed by atoms with E-state index in [1.165, 1.54) is 7.05 Å². The minimum absolute atomic E-state index is 0.177. The summed E-state index contributed by atoms with van der Waals surface area (Å²) < 4.78 is 27.0. The Balaban J connectivity index is 3.15. The van der Waals surface area contributed by atoms with Crippen molar-refractivity contribution in [2.45, 2.75) is 6.92 Å². The number of hydrogen-bond donors (Lipinski definition) is 0. The Morgan fingerprint density at radius 1 is 1.42 bits per heavy atom. The van der Waals surface area contributed by atoms with E-state index in [0.717, 1.165) is 4.90 Å². The van der Waals surface area contributed by atoms with Crippen LogP contribution in [-0.2, 0) is 0 Å². The highest BCUT2D eigenvalue weighted by Crippen LogP contribution is 2.22. The van der Waals surface area contributed by atoms with Crippen LogP contribution in [0.3, 0.4) is 0 Å². The summed E-state index contributed by atoms with van der Waals surface area (Å²) in [5.41, 5.74) is -0.887. The molecule has 0 heterocycles. The largest absolute Gasteiger partial charge is 0.338 e. The molecule has 0 aliphatic rings. The van der Waals surface area contributed by atoms with Gasteiger partial charge in [0.1, 0.15) is 5.82 Å². The number of amides is 1. The fourth-order valence-corrected chi connectivity index (χ4v) is 1.52. The van der Waals surface area contributed by atoms with Crippen molar-refractivity contribution in [3.8, 4) is 0 Å². The van der Waals surface area contributed by atoms with E-state index in [0.29, 0.717) is 17.7 Å². The van der Waals surface area contributed by atoms with Gasteiger partial charge in [-0.15, -0.1) is 0 Å². The van der Waals surface area contributed by atoms with E-state index < -0.39 is 33.7 Å². The van der Waals surface area contributed by atoms with Crippen molar-refractivity contribution in [2.24, 2.45) is 0 Å². The Morgan fingerprint density at radius 3 is 2.47 bits per heavy atom. The van der Waals surface area contributed by atoms with Crippen LogP contribution in [0.2, 0.25) is 0 Å². The molecule has 1 amide bonds. The van der Waals surface area contributed by atoms with Crippen LogP contribution in [0, 0.1) is 21.7 Å². The third-order valence-corrected chi connectivity index (χ3v) is 2.32. The second-order valence-electron chi connectivity index (χ2n) is 4.16. The van der Waals surface area contributed by atoms with Crippen LogP contribution in [0.1, 0.15) is 17.3 Å². The third-order valence-electron chi connectivity index (χ3n) is 2.32. The fourth-order valence-electron chi connectivity index (χ4n) is 1.52. The van der Waals surface area contributed by atoms with Crippen molar-refractivity contribution in [3.63, 3.8) is 0 Å². The maximum atomic E-state index is 13.6. The first kappa shape index (κ1) is 14.7. The molecule has 5 nitrogen and oxygen atoms in total. The van der Waals surface area contributed by atoms with Crippen molar-refractivity contribution in [1.29, 1.82) is 0 Å². The van der Waals surface area contributed by atoms with Gasteiger partial charge in [0.25, 0.3) is 5.91 Å². The highest BCUT2D eigenvalue weighted by Gasteiger charge is 2.23. The van der Waals surface area contributed by atoms with Crippen LogP contribution < -0.4 is 0 Å². The van der Waals surface area contributed by atoms with E-state index in [9.17, 15) is 23.7 Å². The summed E-state index contributed by atoms with van der Waals surface area (Å²) in [6, 6.07) is 0.932. The number of carbonyl (C=O) groups excluding carboxylic acids is 1. The number of halogens is 2. The number of rotatable bonds is 4. The van der Waals surface area contributed by atoms with Crippen molar-refractivity contribution < 1.29 is 18.5 Å². The summed E-state index contributed by atoms with van der Waals surface area (Å²) in [6.07, 6.45) is 0. The number of nitro benzene ring substituents is 1. The Labute approximate surface area is 108 Å². The molecule has 7 heteroatoms.